The third-order valence-electron chi connectivity index (χ3n) is 1.95. The van der Waals surface area contributed by atoms with Gasteiger partial charge in [-0.25, -0.2) is 0 Å². The Balaban J connectivity index is 2.49. The Morgan fingerprint density at radius 2 is 2.60 bits per heavy atom. The summed E-state index contributed by atoms with van der Waals surface area (Å²) >= 11 is 0. The molecule has 0 aliphatic carbocycles. The van der Waals surface area contributed by atoms with Crippen molar-refractivity contribution in [3.63, 3.8) is 0 Å². The fraction of sp³-hybridized carbons (Fsp3) is 0.571. The smallest absolute Gasteiger partial charge is 0.0835 e. The molecule has 0 radical (unpaired) electrons. The minimum absolute atomic E-state index is 0.441. The molecular weight excluding hydrogens is 126 g/mol. The van der Waals surface area contributed by atoms with Gasteiger partial charge in [-0.2, -0.15) is 5.10 Å². The Hall–Kier alpha value is -0.830. The van der Waals surface area contributed by atoms with Crippen LogP contribution in [0.1, 0.15) is 24.2 Å². The quantitative estimate of drug-likeness (QED) is 0.567. The lowest BCUT2D eigenvalue weighted by Gasteiger charge is -1.99. The van der Waals surface area contributed by atoms with Crippen LogP contribution in [0.2, 0.25) is 0 Å². The molecule has 2 heterocycles. The summed E-state index contributed by atoms with van der Waals surface area (Å²) in [7, 11) is 1.96. The third kappa shape index (κ3) is 0.671. The Kier molecular flexibility index (Phi) is 1.08. The molecule has 3 heteroatoms. The van der Waals surface area contributed by atoms with E-state index in [1.165, 1.54) is 11.3 Å². The molecule has 1 aromatic heterocycles. The van der Waals surface area contributed by atoms with E-state index in [2.05, 4.69) is 23.5 Å². The van der Waals surface area contributed by atoms with Gasteiger partial charge < -0.3 is 5.32 Å². The summed E-state index contributed by atoms with van der Waals surface area (Å²) in [6.07, 6.45) is 2.08. The Labute approximate surface area is 60.0 Å². The van der Waals surface area contributed by atoms with E-state index in [0.717, 1.165) is 6.54 Å². The fourth-order valence-electron chi connectivity index (χ4n) is 1.42. The summed E-state index contributed by atoms with van der Waals surface area (Å²) < 4.78 is 1.88. The maximum absolute atomic E-state index is 4.33. The van der Waals surface area contributed by atoms with Gasteiger partial charge in [-0.05, 0) is 6.92 Å². The maximum Gasteiger partial charge on any atom is 0.0835 e. The number of hydrogen-bond acceptors (Lipinski definition) is 2. The van der Waals surface area contributed by atoms with Crippen LogP contribution in [0.3, 0.4) is 0 Å². The van der Waals surface area contributed by atoms with Gasteiger partial charge in [0, 0.05) is 31.4 Å². The predicted molar refractivity (Wildman–Crippen MR) is 38.5 cm³/mol. The lowest BCUT2D eigenvalue weighted by Crippen LogP contribution is -2.09. The second kappa shape index (κ2) is 1.83. The number of rotatable bonds is 0. The molecule has 1 unspecified atom stereocenters. The topological polar surface area (TPSA) is 29.9 Å². The van der Waals surface area contributed by atoms with Gasteiger partial charge in [0.25, 0.3) is 0 Å². The lowest BCUT2D eigenvalue weighted by molar-refractivity contribution is 0.594. The molecule has 1 aliphatic rings. The first-order valence-corrected chi connectivity index (χ1v) is 3.53. The minimum atomic E-state index is 0.441. The molecule has 1 N–H and O–H groups in total. The molecule has 0 aromatic carbocycles. The zero-order valence-corrected chi connectivity index (χ0v) is 6.26. The van der Waals surface area contributed by atoms with Crippen LogP contribution >= 0.6 is 0 Å². The number of nitrogens with zero attached hydrogens (tertiary/aromatic N) is 2. The van der Waals surface area contributed by atoms with Gasteiger partial charge in [0.1, 0.15) is 0 Å². The van der Waals surface area contributed by atoms with Crippen molar-refractivity contribution in [1.82, 2.24) is 15.1 Å². The van der Waals surface area contributed by atoms with Gasteiger partial charge in [0.05, 0.1) is 5.69 Å². The van der Waals surface area contributed by atoms with Crippen LogP contribution in [0.4, 0.5) is 0 Å². The van der Waals surface area contributed by atoms with Crippen molar-refractivity contribution < 1.29 is 0 Å². The van der Waals surface area contributed by atoms with Crippen molar-refractivity contribution in [3.05, 3.63) is 17.5 Å². The van der Waals surface area contributed by atoms with Gasteiger partial charge in [-0.1, -0.05) is 0 Å². The highest BCUT2D eigenvalue weighted by molar-refractivity contribution is 5.24. The van der Waals surface area contributed by atoms with E-state index in [1.54, 1.807) is 0 Å². The second-order valence-corrected chi connectivity index (χ2v) is 2.82. The number of nitrogens with one attached hydrogen (secondary N) is 1. The molecular formula is C7H11N3. The zero-order valence-electron chi connectivity index (χ0n) is 6.26. The van der Waals surface area contributed by atoms with E-state index in [-0.39, 0.29) is 0 Å². The normalized spacial score (nSPS) is 23.2. The van der Waals surface area contributed by atoms with Crippen molar-refractivity contribution in [2.24, 2.45) is 7.05 Å². The van der Waals surface area contributed by atoms with Crippen molar-refractivity contribution in [1.29, 1.82) is 0 Å². The van der Waals surface area contributed by atoms with E-state index in [4.69, 9.17) is 0 Å². The molecule has 3 nitrogen and oxygen atoms in total. The first-order valence-electron chi connectivity index (χ1n) is 3.53. The first kappa shape index (κ1) is 5.92. The zero-order chi connectivity index (χ0) is 7.14. The van der Waals surface area contributed by atoms with E-state index in [0.29, 0.717) is 6.04 Å². The molecule has 2 rings (SSSR count). The number of hydrogen-bond donors (Lipinski definition) is 1. The standard InChI is InChI=1S/C7H11N3/c1-5-7-6(3-8-5)4-10(2)9-7/h4-5,8H,3H2,1-2H3. The van der Waals surface area contributed by atoms with Gasteiger partial charge in [-0.15, -0.1) is 0 Å². The molecule has 0 saturated carbocycles. The average molecular weight is 137 g/mol. The summed E-state index contributed by atoms with van der Waals surface area (Å²) in [5.41, 5.74) is 2.55. The van der Waals surface area contributed by atoms with E-state index >= 15 is 0 Å². The van der Waals surface area contributed by atoms with E-state index in [9.17, 15) is 0 Å². The Morgan fingerprint density at radius 1 is 1.80 bits per heavy atom. The van der Waals surface area contributed by atoms with Gasteiger partial charge >= 0.3 is 0 Å². The summed E-state index contributed by atoms with van der Waals surface area (Å²) in [4.78, 5) is 0. The second-order valence-electron chi connectivity index (χ2n) is 2.82. The Morgan fingerprint density at radius 3 is 3.30 bits per heavy atom. The SMILES string of the molecule is CC1NCc2cn(C)nc21. The van der Waals surface area contributed by atoms with Crippen molar-refractivity contribution >= 4 is 0 Å². The largest absolute Gasteiger partial charge is 0.305 e. The molecule has 0 saturated heterocycles. The van der Waals surface area contributed by atoms with Crippen LogP contribution in [-0.2, 0) is 13.6 Å². The molecule has 0 fully saturated rings. The van der Waals surface area contributed by atoms with Gasteiger partial charge in [0.2, 0.25) is 0 Å². The Bertz CT molecular complexity index is 251. The van der Waals surface area contributed by atoms with Gasteiger partial charge in [0.15, 0.2) is 0 Å². The van der Waals surface area contributed by atoms with Crippen LogP contribution in [0.25, 0.3) is 0 Å². The first-order chi connectivity index (χ1) is 4.77. The molecule has 1 atom stereocenters. The minimum Gasteiger partial charge on any atom is -0.305 e. The molecule has 0 spiro atoms. The number of aromatic nitrogens is 2. The summed E-state index contributed by atoms with van der Waals surface area (Å²) in [5.74, 6) is 0. The molecule has 1 aliphatic heterocycles. The van der Waals surface area contributed by atoms with Crippen LogP contribution in [0.5, 0.6) is 0 Å². The number of fused-ring (bicyclic) bond motifs is 1. The van der Waals surface area contributed by atoms with Crippen LogP contribution in [0, 0.1) is 0 Å². The molecule has 54 valence electrons. The van der Waals surface area contributed by atoms with E-state index < -0.39 is 0 Å². The lowest BCUT2D eigenvalue weighted by atomic mass is 10.2. The molecule has 0 amide bonds. The van der Waals surface area contributed by atoms with Crippen LogP contribution in [-0.4, -0.2) is 9.78 Å². The van der Waals surface area contributed by atoms with E-state index in [1.807, 2.05) is 11.7 Å². The highest BCUT2D eigenvalue weighted by Crippen LogP contribution is 2.21. The molecule has 0 bridgehead atoms. The number of aryl methyl sites for hydroxylation is 1. The van der Waals surface area contributed by atoms with Crippen molar-refractivity contribution in [3.8, 4) is 0 Å². The maximum atomic E-state index is 4.33. The van der Waals surface area contributed by atoms with Crippen molar-refractivity contribution in [2.45, 2.75) is 19.5 Å². The molecule has 10 heavy (non-hydrogen) atoms. The van der Waals surface area contributed by atoms with Crippen molar-refractivity contribution in [2.75, 3.05) is 0 Å². The monoisotopic (exact) mass is 137 g/mol. The third-order valence-corrected chi connectivity index (χ3v) is 1.95. The summed E-state index contributed by atoms with van der Waals surface area (Å²) in [6, 6.07) is 0.441. The van der Waals surface area contributed by atoms with Crippen LogP contribution in [0.15, 0.2) is 6.20 Å². The summed E-state index contributed by atoms with van der Waals surface area (Å²) in [6.45, 7) is 3.11. The summed E-state index contributed by atoms with van der Waals surface area (Å²) in [5, 5.41) is 7.64. The highest BCUT2D eigenvalue weighted by atomic mass is 15.3. The molecule has 1 aromatic rings. The average Bonchev–Trinajstić information content (AvgIpc) is 2.35. The predicted octanol–water partition coefficient (Wildman–Crippen LogP) is 0.584. The van der Waals surface area contributed by atoms with Crippen LogP contribution < -0.4 is 5.32 Å². The van der Waals surface area contributed by atoms with Gasteiger partial charge in [-0.3, -0.25) is 4.68 Å². The fourth-order valence-corrected chi connectivity index (χ4v) is 1.42. The highest BCUT2D eigenvalue weighted by Gasteiger charge is 2.20.